The van der Waals surface area contributed by atoms with E-state index >= 15 is 0 Å². The Hall–Kier alpha value is -3.28. The third-order valence-electron chi connectivity index (χ3n) is 5.26. The summed E-state index contributed by atoms with van der Waals surface area (Å²) in [7, 11) is 3.76. The molecule has 2 amide bonds. The van der Waals surface area contributed by atoms with Gasteiger partial charge in [-0.2, -0.15) is 26.3 Å². The van der Waals surface area contributed by atoms with Crippen LogP contribution in [0.1, 0.15) is 34.8 Å². The Bertz CT molecular complexity index is 1080. The SMILES string of the molecule is CC1Oc2ccc(NC(=O)c3cc(C(F)(F)F)cc(C(F)(F)F)c3)cc2N(CCCN(C)C)C1=O. The number of benzene rings is 2. The molecule has 1 atom stereocenters. The van der Waals surface area contributed by atoms with Crippen molar-refractivity contribution in [3.63, 3.8) is 0 Å². The van der Waals surface area contributed by atoms with Crippen LogP contribution in [0, 0.1) is 0 Å². The molecule has 0 spiro atoms. The van der Waals surface area contributed by atoms with Crippen molar-refractivity contribution >= 4 is 23.2 Å². The highest BCUT2D eigenvalue weighted by Gasteiger charge is 2.37. The first kappa shape index (κ1) is 26.3. The lowest BCUT2D eigenvalue weighted by Crippen LogP contribution is -2.45. The highest BCUT2D eigenvalue weighted by atomic mass is 19.4. The minimum absolute atomic E-state index is 0.0502. The molecule has 1 heterocycles. The van der Waals surface area contributed by atoms with Crippen LogP contribution < -0.4 is 15.0 Å². The number of alkyl halides is 6. The fourth-order valence-corrected chi connectivity index (χ4v) is 3.55. The van der Waals surface area contributed by atoms with Crippen molar-refractivity contribution in [1.82, 2.24) is 4.90 Å². The van der Waals surface area contributed by atoms with E-state index in [2.05, 4.69) is 5.32 Å². The largest absolute Gasteiger partial charge is 0.479 e. The molecule has 0 radical (unpaired) electrons. The smallest absolute Gasteiger partial charge is 0.416 e. The number of amides is 2. The lowest BCUT2D eigenvalue weighted by molar-refractivity contribution is -0.143. The lowest BCUT2D eigenvalue weighted by Gasteiger charge is -2.33. The van der Waals surface area contributed by atoms with Crippen LogP contribution in [0.2, 0.25) is 0 Å². The van der Waals surface area contributed by atoms with E-state index in [1.54, 1.807) is 6.92 Å². The van der Waals surface area contributed by atoms with Crippen LogP contribution >= 0.6 is 0 Å². The molecule has 2 aromatic rings. The maximum Gasteiger partial charge on any atom is 0.416 e. The summed E-state index contributed by atoms with van der Waals surface area (Å²) in [6.45, 7) is 2.63. The van der Waals surface area contributed by atoms with Crippen LogP contribution in [0.4, 0.5) is 37.7 Å². The summed E-state index contributed by atoms with van der Waals surface area (Å²) in [6, 6.07) is 4.90. The van der Waals surface area contributed by atoms with Crippen LogP contribution in [0.3, 0.4) is 0 Å². The van der Waals surface area contributed by atoms with E-state index in [9.17, 15) is 35.9 Å². The number of nitrogens with one attached hydrogen (secondary N) is 1. The first-order valence-electron chi connectivity index (χ1n) is 10.5. The Morgan fingerprint density at radius 3 is 2.17 bits per heavy atom. The zero-order valence-corrected chi connectivity index (χ0v) is 19.0. The monoisotopic (exact) mass is 503 g/mol. The van der Waals surface area contributed by atoms with Crippen LogP contribution in [0.15, 0.2) is 36.4 Å². The Kier molecular flexibility index (Phi) is 7.34. The van der Waals surface area contributed by atoms with Gasteiger partial charge in [-0.3, -0.25) is 9.59 Å². The number of carbonyl (C=O) groups excluding carboxylic acids is 2. The predicted octanol–water partition coefficient (Wildman–Crippen LogP) is 5.04. The second kappa shape index (κ2) is 9.76. The molecule has 0 bridgehead atoms. The van der Waals surface area contributed by atoms with Gasteiger partial charge in [0.05, 0.1) is 16.8 Å². The van der Waals surface area contributed by atoms with Crippen LogP contribution in [-0.2, 0) is 17.1 Å². The van der Waals surface area contributed by atoms with Crippen molar-refractivity contribution in [3.05, 3.63) is 53.1 Å². The Morgan fingerprint density at radius 2 is 1.63 bits per heavy atom. The molecule has 0 saturated heterocycles. The van der Waals surface area contributed by atoms with Gasteiger partial charge < -0.3 is 19.9 Å². The van der Waals surface area contributed by atoms with E-state index in [1.807, 2.05) is 19.0 Å². The first-order chi connectivity index (χ1) is 16.2. The van der Waals surface area contributed by atoms with Crippen LogP contribution in [-0.4, -0.2) is 50.0 Å². The third-order valence-corrected chi connectivity index (χ3v) is 5.26. The van der Waals surface area contributed by atoms with Crippen molar-refractivity contribution < 1.29 is 40.7 Å². The predicted molar refractivity (Wildman–Crippen MR) is 116 cm³/mol. The molecule has 1 aliphatic heterocycles. The summed E-state index contributed by atoms with van der Waals surface area (Å²) in [5, 5.41) is 2.31. The zero-order valence-electron chi connectivity index (χ0n) is 19.0. The number of hydrogen-bond acceptors (Lipinski definition) is 4. The summed E-state index contributed by atoms with van der Waals surface area (Å²) in [4.78, 5) is 28.7. The van der Waals surface area contributed by atoms with Crippen molar-refractivity contribution in [3.8, 4) is 5.75 Å². The second-order valence-corrected chi connectivity index (χ2v) is 8.34. The quantitative estimate of drug-likeness (QED) is 0.561. The molecular weight excluding hydrogens is 480 g/mol. The number of hydrogen-bond donors (Lipinski definition) is 1. The number of nitrogens with zero attached hydrogens (tertiary/aromatic N) is 2. The molecule has 0 aliphatic carbocycles. The fraction of sp³-hybridized carbons (Fsp3) is 0.391. The average Bonchev–Trinajstić information content (AvgIpc) is 2.75. The number of fused-ring (bicyclic) bond motifs is 1. The normalized spacial score (nSPS) is 16.2. The molecule has 3 rings (SSSR count). The van der Waals surface area contributed by atoms with Crippen molar-refractivity contribution in [2.45, 2.75) is 31.8 Å². The van der Waals surface area contributed by atoms with Gasteiger partial charge in [0.25, 0.3) is 11.8 Å². The zero-order chi connectivity index (χ0) is 26.1. The van der Waals surface area contributed by atoms with Gasteiger partial charge in [0.1, 0.15) is 5.75 Å². The van der Waals surface area contributed by atoms with E-state index in [-0.39, 0.29) is 17.7 Å². The molecular formula is C23H23F6N3O3. The molecule has 1 unspecified atom stereocenters. The standard InChI is InChI=1S/C23H23F6N3O3/c1-13-21(34)32(8-4-7-31(2)3)18-12-17(5-6-19(18)35-13)30-20(33)14-9-15(22(24,25)26)11-16(10-14)23(27,28)29/h5-6,9-13H,4,7-8H2,1-3H3,(H,30,33). The van der Waals surface area contributed by atoms with E-state index in [4.69, 9.17) is 4.74 Å². The molecule has 2 aromatic carbocycles. The van der Waals surface area contributed by atoms with Crippen molar-refractivity contribution in [2.24, 2.45) is 0 Å². The van der Waals surface area contributed by atoms with Gasteiger partial charge in [0, 0.05) is 17.8 Å². The average molecular weight is 503 g/mol. The van der Waals surface area contributed by atoms with E-state index in [0.29, 0.717) is 43.1 Å². The van der Waals surface area contributed by atoms with Crippen LogP contribution in [0.25, 0.3) is 0 Å². The van der Waals surface area contributed by atoms with Gasteiger partial charge in [-0.1, -0.05) is 0 Å². The third kappa shape index (κ3) is 6.24. The Balaban J connectivity index is 1.91. The molecule has 190 valence electrons. The molecule has 0 fully saturated rings. The number of carbonyl (C=O) groups is 2. The molecule has 1 aliphatic rings. The molecule has 0 saturated carbocycles. The second-order valence-electron chi connectivity index (χ2n) is 8.34. The topological polar surface area (TPSA) is 61.9 Å². The molecule has 0 aromatic heterocycles. The Labute approximate surface area is 197 Å². The van der Waals surface area contributed by atoms with Crippen molar-refractivity contribution in [1.29, 1.82) is 0 Å². The van der Waals surface area contributed by atoms with E-state index in [1.165, 1.54) is 23.1 Å². The van der Waals surface area contributed by atoms with Gasteiger partial charge in [-0.05, 0) is 70.4 Å². The summed E-state index contributed by atoms with van der Waals surface area (Å²) < 4.78 is 84.3. The summed E-state index contributed by atoms with van der Waals surface area (Å²) in [5.74, 6) is -1.12. The molecule has 12 heteroatoms. The molecule has 35 heavy (non-hydrogen) atoms. The molecule has 1 N–H and O–H groups in total. The molecule has 6 nitrogen and oxygen atoms in total. The number of rotatable bonds is 6. The number of halogens is 6. The maximum absolute atomic E-state index is 13.1. The maximum atomic E-state index is 13.1. The summed E-state index contributed by atoms with van der Waals surface area (Å²) in [6.07, 6.45) is -10.3. The number of ether oxygens (including phenoxy) is 1. The van der Waals surface area contributed by atoms with Gasteiger partial charge in [-0.15, -0.1) is 0 Å². The minimum atomic E-state index is -5.08. The first-order valence-corrected chi connectivity index (χ1v) is 10.5. The highest BCUT2D eigenvalue weighted by Crippen LogP contribution is 2.38. The van der Waals surface area contributed by atoms with E-state index in [0.717, 1.165) is 0 Å². The summed E-state index contributed by atoms with van der Waals surface area (Å²) >= 11 is 0. The van der Waals surface area contributed by atoms with Gasteiger partial charge in [0.15, 0.2) is 6.10 Å². The van der Waals surface area contributed by atoms with Gasteiger partial charge in [-0.25, -0.2) is 0 Å². The Morgan fingerprint density at radius 1 is 1.03 bits per heavy atom. The highest BCUT2D eigenvalue weighted by molar-refractivity contribution is 6.06. The lowest BCUT2D eigenvalue weighted by atomic mass is 10.0. The minimum Gasteiger partial charge on any atom is -0.479 e. The van der Waals surface area contributed by atoms with Gasteiger partial charge >= 0.3 is 12.4 Å². The number of anilines is 2. The van der Waals surface area contributed by atoms with E-state index < -0.39 is 41.1 Å². The van der Waals surface area contributed by atoms with Crippen molar-refractivity contribution in [2.75, 3.05) is 37.4 Å². The summed E-state index contributed by atoms with van der Waals surface area (Å²) in [5.41, 5.74) is -3.59. The van der Waals surface area contributed by atoms with Crippen LogP contribution in [0.5, 0.6) is 5.75 Å². The fourth-order valence-electron chi connectivity index (χ4n) is 3.55. The van der Waals surface area contributed by atoms with Gasteiger partial charge in [0.2, 0.25) is 0 Å².